The van der Waals surface area contributed by atoms with Crippen LogP contribution in [0.2, 0.25) is 0 Å². The second-order valence-corrected chi connectivity index (χ2v) is 5.19. The quantitative estimate of drug-likeness (QED) is 0.643. The number of benzene rings is 1. The van der Waals surface area contributed by atoms with Crippen molar-refractivity contribution < 1.29 is 29.3 Å². The smallest absolute Gasteiger partial charge is 0.345 e. The summed E-state index contributed by atoms with van der Waals surface area (Å²) in [5.41, 5.74) is -3.51. The van der Waals surface area contributed by atoms with E-state index in [2.05, 4.69) is 4.74 Å². The standard InChI is InChI=1S/C15H14O7/c1-21-14(19)15(20)10(17)6-5-9-12(15)13(18)11-7(16)3-2-4-8(11)22-9/h2-4,10,16-17,20H,5-6H2,1H3/t10-,15+/m1/s1. The lowest BCUT2D eigenvalue weighted by Gasteiger charge is -2.34. The van der Waals surface area contributed by atoms with E-state index < -0.39 is 23.1 Å². The Balaban J connectivity index is 2.43. The van der Waals surface area contributed by atoms with Gasteiger partial charge in [-0.05, 0) is 18.6 Å². The predicted octanol–water partition coefficient (Wildman–Crippen LogP) is 0.166. The highest BCUT2D eigenvalue weighted by Gasteiger charge is 2.52. The summed E-state index contributed by atoms with van der Waals surface area (Å²) in [6, 6.07) is 4.30. The molecule has 1 aromatic heterocycles. The second-order valence-electron chi connectivity index (χ2n) is 5.19. The van der Waals surface area contributed by atoms with E-state index in [0.717, 1.165) is 7.11 Å². The van der Waals surface area contributed by atoms with Gasteiger partial charge in [0.2, 0.25) is 11.0 Å². The van der Waals surface area contributed by atoms with Crippen molar-refractivity contribution in [2.75, 3.05) is 7.11 Å². The summed E-state index contributed by atoms with van der Waals surface area (Å²) in [5, 5.41) is 30.4. The molecule has 22 heavy (non-hydrogen) atoms. The van der Waals surface area contributed by atoms with Crippen LogP contribution in [0.25, 0.3) is 11.0 Å². The zero-order valence-electron chi connectivity index (χ0n) is 11.7. The van der Waals surface area contributed by atoms with Gasteiger partial charge in [0, 0.05) is 6.42 Å². The molecule has 0 unspecified atom stereocenters. The molecule has 0 saturated carbocycles. The maximum absolute atomic E-state index is 12.7. The van der Waals surface area contributed by atoms with Gasteiger partial charge in [0.25, 0.3) is 0 Å². The molecule has 2 aromatic rings. The molecule has 2 atom stereocenters. The van der Waals surface area contributed by atoms with Crippen molar-refractivity contribution in [1.29, 1.82) is 0 Å². The average Bonchev–Trinajstić information content (AvgIpc) is 2.50. The molecular formula is C15H14O7. The van der Waals surface area contributed by atoms with Crippen LogP contribution in [-0.4, -0.2) is 34.5 Å². The van der Waals surface area contributed by atoms with Gasteiger partial charge in [-0.15, -0.1) is 0 Å². The lowest BCUT2D eigenvalue weighted by atomic mass is 9.79. The number of rotatable bonds is 1. The molecule has 3 rings (SSSR count). The van der Waals surface area contributed by atoms with Crippen molar-refractivity contribution in [3.8, 4) is 5.75 Å². The Morgan fingerprint density at radius 1 is 1.45 bits per heavy atom. The van der Waals surface area contributed by atoms with Gasteiger partial charge >= 0.3 is 5.97 Å². The monoisotopic (exact) mass is 306 g/mol. The third-order valence-corrected chi connectivity index (χ3v) is 3.98. The summed E-state index contributed by atoms with van der Waals surface area (Å²) in [6.07, 6.45) is -1.29. The number of phenolic OH excluding ortho intramolecular Hbond substituents is 1. The van der Waals surface area contributed by atoms with Gasteiger partial charge in [-0.1, -0.05) is 6.07 Å². The minimum Gasteiger partial charge on any atom is -0.507 e. The van der Waals surface area contributed by atoms with E-state index in [-0.39, 0.29) is 40.9 Å². The number of carbonyl (C=O) groups is 1. The van der Waals surface area contributed by atoms with Gasteiger partial charge in [-0.2, -0.15) is 0 Å². The molecule has 7 heteroatoms. The Labute approximate surface area is 124 Å². The fraction of sp³-hybridized carbons (Fsp3) is 0.333. The summed E-state index contributed by atoms with van der Waals surface area (Å²) >= 11 is 0. The van der Waals surface area contributed by atoms with Crippen molar-refractivity contribution in [1.82, 2.24) is 0 Å². The van der Waals surface area contributed by atoms with E-state index in [4.69, 9.17) is 4.42 Å². The van der Waals surface area contributed by atoms with E-state index in [0.29, 0.717) is 0 Å². The van der Waals surface area contributed by atoms with Gasteiger partial charge < -0.3 is 24.5 Å². The molecule has 0 amide bonds. The molecule has 0 aliphatic heterocycles. The SMILES string of the molecule is COC(=O)[C@@]1(O)c2c(oc3cccc(O)c3c2=O)CC[C@H]1O. The van der Waals surface area contributed by atoms with Crippen molar-refractivity contribution in [2.24, 2.45) is 0 Å². The number of aliphatic hydroxyl groups excluding tert-OH is 1. The lowest BCUT2D eigenvalue weighted by molar-refractivity contribution is -0.180. The molecular weight excluding hydrogens is 292 g/mol. The summed E-state index contributed by atoms with van der Waals surface area (Å²) in [6.45, 7) is 0. The first-order valence-corrected chi connectivity index (χ1v) is 6.68. The van der Waals surface area contributed by atoms with Crippen LogP contribution in [0.3, 0.4) is 0 Å². The molecule has 0 radical (unpaired) electrons. The van der Waals surface area contributed by atoms with E-state index in [1.807, 2.05) is 0 Å². The molecule has 0 fully saturated rings. The van der Waals surface area contributed by atoms with Crippen LogP contribution >= 0.6 is 0 Å². The Morgan fingerprint density at radius 3 is 2.86 bits per heavy atom. The maximum atomic E-state index is 12.7. The zero-order valence-corrected chi connectivity index (χ0v) is 11.7. The third-order valence-electron chi connectivity index (χ3n) is 3.98. The number of phenols is 1. The number of ether oxygens (including phenoxy) is 1. The molecule has 7 nitrogen and oxygen atoms in total. The van der Waals surface area contributed by atoms with Gasteiger partial charge in [0.15, 0.2) is 0 Å². The molecule has 3 N–H and O–H groups in total. The maximum Gasteiger partial charge on any atom is 0.345 e. The lowest BCUT2D eigenvalue weighted by Crippen LogP contribution is -2.53. The Morgan fingerprint density at radius 2 is 2.18 bits per heavy atom. The van der Waals surface area contributed by atoms with Crippen LogP contribution in [0.5, 0.6) is 5.75 Å². The Hall–Kier alpha value is -2.38. The van der Waals surface area contributed by atoms with Crippen molar-refractivity contribution in [3.63, 3.8) is 0 Å². The number of esters is 1. The third kappa shape index (κ3) is 1.76. The molecule has 1 aliphatic rings. The Bertz CT molecular complexity index is 822. The number of aryl methyl sites for hydroxylation is 1. The van der Waals surface area contributed by atoms with Crippen LogP contribution in [0.15, 0.2) is 27.4 Å². The van der Waals surface area contributed by atoms with Crippen LogP contribution in [0.1, 0.15) is 17.7 Å². The fourth-order valence-electron chi connectivity index (χ4n) is 2.87. The first-order valence-electron chi connectivity index (χ1n) is 6.68. The predicted molar refractivity (Wildman–Crippen MR) is 74.4 cm³/mol. The second kappa shape index (κ2) is 4.82. The minimum absolute atomic E-state index is 0.0336. The van der Waals surface area contributed by atoms with Gasteiger partial charge in [-0.3, -0.25) is 4.79 Å². The van der Waals surface area contributed by atoms with Gasteiger partial charge in [0.05, 0.1) is 18.8 Å². The highest BCUT2D eigenvalue weighted by molar-refractivity contribution is 5.88. The van der Waals surface area contributed by atoms with Crippen molar-refractivity contribution in [2.45, 2.75) is 24.5 Å². The van der Waals surface area contributed by atoms with Crippen LogP contribution in [0.4, 0.5) is 0 Å². The number of hydrogen-bond acceptors (Lipinski definition) is 7. The van der Waals surface area contributed by atoms with Crippen LogP contribution < -0.4 is 5.43 Å². The molecule has 116 valence electrons. The average molecular weight is 306 g/mol. The largest absolute Gasteiger partial charge is 0.507 e. The molecule has 0 saturated heterocycles. The van der Waals surface area contributed by atoms with Crippen LogP contribution in [-0.2, 0) is 21.6 Å². The van der Waals surface area contributed by atoms with Crippen LogP contribution in [0, 0.1) is 0 Å². The van der Waals surface area contributed by atoms with E-state index in [1.165, 1.54) is 18.2 Å². The fourth-order valence-corrected chi connectivity index (χ4v) is 2.87. The number of aromatic hydroxyl groups is 1. The number of fused-ring (bicyclic) bond motifs is 2. The minimum atomic E-state index is -2.51. The molecule has 1 aliphatic carbocycles. The zero-order chi connectivity index (χ0) is 16.1. The number of hydrogen-bond donors (Lipinski definition) is 3. The molecule has 0 bridgehead atoms. The summed E-state index contributed by atoms with van der Waals surface area (Å²) in [4.78, 5) is 24.6. The summed E-state index contributed by atoms with van der Waals surface area (Å²) < 4.78 is 10.1. The van der Waals surface area contributed by atoms with Crippen molar-refractivity contribution in [3.05, 3.63) is 39.7 Å². The molecule has 0 spiro atoms. The Kier molecular flexibility index (Phi) is 3.19. The van der Waals surface area contributed by atoms with Crippen molar-refractivity contribution >= 4 is 16.9 Å². The van der Waals surface area contributed by atoms with E-state index in [9.17, 15) is 24.9 Å². The number of methoxy groups -OCH3 is 1. The number of carbonyl (C=O) groups excluding carboxylic acids is 1. The van der Waals surface area contributed by atoms with E-state index in [1.54, 1.807) is 0 Å². The summed E-state index contributed by atoms with van der Waals surface area (Å²) in [5.74, 6) is -1.38. The van der Waals surface area contributed by atoms with Gasteiger partial charge in [0.1, 0.15) is 22.5 Å². The highest BCUT2D eigenvalue weighted by atomic mass is 16.5. The summed E-state index contributed by atoms with van der Waals surface area (Å²) in [7, 11) is 1.04. The normalized spacial score (nSPS) is 24.0. The first kappa shape index (κ1) is 14.6. The highest BCUT2D eigenvalue weighted by Crippen LogP contribution is 2.37. The topological polar surface area (TPSA) is 117 Å². The van der Waals surface area contributed by atoms with E-state index >= 15 is 0 Å². The molecule has 1 aromatic carbocycles. The van der Waals surface area contributed by atoms with Gasteiger partial charge in [-0.25, -0.2) is 4.79 Å². The number of aliphatic hydroxyl groups is 2. The first-order chi connectivity index (χ1) is 10.4. The molecule has 1 heterocycles.